The molecule has 0 saturated carbocycles. The first kappa shape index (κ1) is 15.4. The van der Waals surface area contributed by atoms with Crippen LogP contribution < -0.4 is 9.46 Å². The van der Waals surface area contributed by atoms with Crippen LogP contribution in [0, 0.1) is 0 Å². The largest absolute Gasteiger partial charge is 0.494 e. The number of sulfonamides is 1. The fourth-order valence-electron chi connectivity index (χ4n) is 1.65. The monoisotopic (exact) mass is 332 g/mol. The molecule has 2 aromatic heterocycles. The molecule has 0 bridgehead atoms. The number of nitrogens with zero attached hydrogens (tertiary/aromatic N) is 1. The summed E-state index contributed by atoms with van der Waals surface area (Å²) in [4.78, 5) is 4.40. The van der Waals surface area contributed by atoms with Gasteiger partial charge in [-0.25, -0.2) is 18.1 Å². The summed E-state index contributed by atoms with van der Waals surface area (Å²) in [5, 5.41) is 4.41. The van der Waals surface area contributed by atoms with Crippen molar-refractivity contribution in [3.8, 4) is 5.75 Å². The average molecular weight is 332 g/mol. The van der Waals surface area contributed by atoms with Crippen LogP contribution in [0.4, 0.5) is 0 Å². The first-order valence-corrected chi connectivity index (χ1v) is 9.30. The predicted molar refractivity (Wildman–Crippen MR) is 81.1 cm³/mol. The molecule has 0 aliphatic heterocycles. The Bertz CT molecular complexity index is 676. The second-order valence-electron chi connectivity index (χ2n) is 4.15. The Hall–Kier alpha value is -0.960. The first-order chi connectivity index (χ1) is 9.47. The van der Waals surface area contributed by atoms with Gasteiger partial charge in [0.2, 0.25) is 0 Å². The van der Waals surface area contributed by atoms with Crippen molar-refractivity contribution in [2.45, 2.75) is 30.5 Å². The van der Waals surface area contributed by atoms with Gasteiger partial charge in [0.1, 0.15) is 10.8 Å². The summed E-state index contributed by atoms with van der Waals surface area (Å²) < 4.78 is 32.5. The van der Waals surface area contributed by atoms with E-state index in [4.69, 9.17) is 4.74 Å². The zero-order valence-corrected chi connectivity index (χ0v) is 13.9. The van der Waals surface area contributed by atoms with Crippen LogP contribution in [-0.2, 0) is 16.4 Å². The Balaban J connectivity index is 2.20. The molecule has 1 unspecified atom stereocenters. The molecule has 110 valence electrons. The quantitative estimate of drug-likeness (QED) is 0.883. The van der Waals surface area contributed by atoms with Crippen LogP contribution in [0.3, 0.4) is 0 Å². The zero-order chi connectivity index (χ0) is 14.8. The van der Waals surface area contributed by atoms with E-state index in [1.807, 2.05) is 12.3 Å². The number of aryl methyl sites for hydroxylation is 1. The molecule has 0 aliphatic carbocycles. The van der Waals surface area contributed by atoms with Crippen molar-refractivity contribution in [2.24, 2.45) is 0 Å². The number of aromatic nitrogens is 1. The van der Waals surface area contributed by atoms with Crippen LogP contribution in [0.5, 0.6) is 5.75 Å². The molecule has 2 rings (SSSR count). The highest BCUT2D eigenvalue weighted by Crippen LogP contribution is 2.30. The lowest BCUT2D eigenvalue weighted by Gasteiger charge is -2.11. The average Bonchev–Trinajstić information content (AvgIpc) is 3.07. The highest BCUT2D eigenvalue weighted by atomic mass is 32.2. The van der Waals surface area contributed by atoms with Gasteiger partial charge in [-0.2, -0.15) is 0 Å². The molecule has 1 atom stereocenters. The molecular weight excluding hydrogens is 316 g/mol. The Kier molecular flexibility index (Phi) is 4.79. The summed E-state index contributed by atoms with van der Waals surface area (Å²) in [5.74, 6) is 0.364. The van der Waals surface area contributed by atoms with E-state index in [1.54, 1.807) is 18.4 Å². The maximum absolute atomic E-state index is 12.3. The number of hydrogen-bond acceptors (Lipinski definition) is 6. The lowest BCUT2D eigenvalue weighted by Crippen LogP contribution is -2.26. The zero-order valence-electron chi connectivity index (χ0n) is 11.4. The van der Waals surface area contributed by atoms with E-state index < -0.39 is 10.0 Å². The minimum atomic E-state index is -3.59. The first-order valence-electron chi connectivity index (χ1n) is 6.06. The molecule has 0 aromatic carbocycles. The lowest BCUT2D eigenvalue weighted by molar-refractivity contribution is 0.406. The van der Waals surface area contributed by atoms with Gasteiger partial charge in [0.05, 0.1) is 18.8 Å². The number of methoxy groups -OCH3 is 1. The predicted octanol–water partition coefficient (Wildman–Crippen LogP) is 2.82. The summed E-state index contributed by atoms with van der Waals surface area (Å²) in [6.45, 7) is 3.81. The van der Waals surface area contributed by atoms with E-state index >= 15 is 0 Å². The molecule has 20 heavy (non-hydrogen) atoms. The van der Waals surface area contributed by atoms with Crippen molar-refractivity contribution in [1.29, 1.82) is 0 Å². The number of nitrogens with one attached hydrogen (secondary N) is 1. The van der Waals surface area contributed by atoms with Crippen LogP contribution in [0.25, 0.3) is 0 Å². The van der Waals surface area contributed by atoms with Gasteiger partial charge in [0.15, 0.2) is 4.21 Å². The van der Waals surface area contributed by atoms with Gasteiger partial charge in [-0.1, -0.05) is 6.92 Å². The summed E-state index contributed by atoms with van der Waals surface area (Å²) in [5.41, 5.74) is 0.977. The third-order valence-electron chi connectivity index (χ3n) is 2.69. The fourth-order valence-corrected chi connectivity index (χ4v) is 5.14. The molecule has 0 amide bonds. The van der Waals surface area contributed by atoms with E-state index in [0.29, 0.717) is 5.75 Å². The standard InChI is InChI=1S/C12H16N2O3S3/c1-4-9-7-19-11(13-9)8(2)14-20(15,16)12-10(17-3)5-6-18-12/h5-8,14H,4H2,1-3H3. The summed E-state index contributed by atoms with van der Waals surface area (Å²) in [6.07, 6.45) is 0.842. The highest BCUT2D eigenvalue weighted by molar-refractivity contribution is 7.91. The van der Waals surface area contributed by atoms with Gasteiger partial charge in [-0.15, -0.1) is 22.7 Å². The second kappa shape index (κ2) is 6.21. The van der Waals surface area contributed by atoms with Crippen LogP contribution >= 0.6 is 22.7 Å². The Labute approximate surface area is 126 Å². The third kappa shape index (κ3) is 3.20. The number of thiazole rings is 1. The van der Waals surface area contributed by atoms with Crippen LogP contribution in [0.1, 0.15) is 30.6 Å². The van der Waals surface area contributed by atoms with Gasteiger partial charge in [-0.3, -0.25) is 0 Å². The number of hydrogen-bond donors (Lipinski definition) is 1. The van der Waals surface area contributed by atoms with Crippen molar-refractivity contribution in [2.75, 3.05) is 7.11 Å². The molecule has 1 N–H and O–H groups in total. The van der Waals surface area contributed by atoms with Crippen LogP contribution in [-0.4, -0.2) is 20.5 Å². The van der Waals surface area contributed by atoms with Crippen molar-refractivity contribution in [3.63, 3.8) is 0 Å². The molecule has 0 radical (unpaired) electrons. The summed E-state index contributed by atoms with van der Waals surface area (Å²) in [7, 11) is -2.14. The van der Waals surface area contributed by atoms with Crippen molar-refractivity contribution < 1.29 is 13.2 Å². The van der Waals surface area contributed by atoms with Gasteiger partial charge >= 0.3 is 0 Å². The number of rotatable bonds is 6. The van der Waals surface area contributed by atoms with Gasteiger partial charge in [-0.05, 0) is 24.8 Å². The second-order valence-corrected chi connectivity index (χ2v) is 7.87. The molecule has 5 nitrogen and oxygen atoms in total. The molecule has 0 fully saturated rings. The van der Waals surface area contributed by atoms with E-state index in [-0.39, 0.29) is 10.3 Å². The van der Waals surface area contributed by atoms with Crippen LogP contribution in [0.2, 0.25) is 0 Å². The van der Waals surface area contributed by atoms with E-state index in [2.05, 4.69) is 9.71 Å². The minimum absolute atomic E-state index is 0.194. The van der Waals surface area contributed by atoms with E-state index in [0.717, 1.165) is 28.5 Å². The van der Waals surface area contributed by atoms with Crippen LogP contribution in [0.15, 0.2) is 21.0 Å². The highest BCUT2D eigenvalue weighted by Gasteiger charge is 2.24. The normalized spacial score (nSPS) is 13.3. The molecule has 2 heterocycles. The summed E-state index contributed by atoms with van der Waals surface area (Å²) >= 11 is 2.60. The Morgan fingerprint density at radius 2 is 2.20 bits per heavy atom. The molecule has 0 aliphatic rings. The smallest absolute Gasteiger partial charge is 0.254 e. The lowest BCUT2D eigenvalue weighted by atomic mass is 10.3. The minimum Gasteiger partial charge on any atom is -0.494 e. The maximum atomic E-state index is 12.3. The number of thiophene rings is 1. The van der Waals surface area contributed by atoms with E-state index in [9.17, 15) is 8.42 Å². The topological polar surface area (TPSA) is 68.3 Å². The molecule has 8 heteroatoms. The van der Waals surface area contributed by atoms with Gasteiger partial charge in [0, 0.05) is 5.38 Å². The van der Waals surface area contributed by atoms with Crippen molar-refractivity contribution >= 4 is 32.7 Å². The molecule has 0 saturated heterocycles. The van der Waals surface area contributed by atoms with Gasteiger partial charge in [0.25, 0.3) is 10.0 Å². The van der Waals surface area contributed by atoms with Crippen molar-refractivity contribution in [3.05, 3.63) is 27.5 Å². The van der Waals surface area contributed by atoms with E-state index in [1.165, 1.54) is 18.4 Å². The third-order valence-corrected chi connectivity index (χ3v) is 6.76. The fraction of sp³-hybridized carbons (Fsp3) is 0.417. The molecule has 2 aromatic rings. The molecule has 0 spiro atoms. The molecular formula is C12H16N2O3S3. The Morgan fingerprint density at radius 3 is 2.80 bits per heavy atom. The summed E-state index contributed by atoms with van der Waals surface area (Å²) in [6, 6.07) is 1.28. The Morgan fingerprint density at radius 1 is 1.45 bits per heavy atom. The van der Waals surface area contributed by atoms with Gasteiger partial charge < -0.3 is 4.74 Å². The SMILES string of the molecule is CCc1csc(C(C)NS(=O)(=O)c2sccc2OC)n1. The maximum Gasteiger partial charge on any atom is 0.254 e. The number of ether oxygens (including phenoxy) is 1. The van der Waals surface area contributed by atoms with Crippen molar-refractivity contribution in [1.82, 2.24) is 9.71 Å².